The van der Waals surface area contributed by atoms with Gasteiger partial charge in [-0.2, -0.15) is 0 Å². The number of rotatable bonds is 5. The van der Waals surface area contributed by atoms with E-state index in [0.29, 0.717) is 22.0 Å². The summed E-state index contributed by atoms with van der Waals surface area (Å²) in [5, 5.41) is 13.0. The minimum Gasteiger partial charge on any atom is -0.506 e. The largest absolute Gasteiger partial charge is 0.506 e. The number of carbonyl (C=O) groups excluding carboxylic acids is 1. The van der Waals surface area contributed by atoms with Gasteiger partial charge in [-0.1, -0.05) is 23.2 Å². The number of nitrogens with zero attached hydrogens (tertiary/aromatic N) is 1. The number of phenolic OH excluding ortho intramolecular Hbond substituents is 1. The average Bonchev–Trinajstić information content (AvgIpc) is 2.70. The summed E-state index contributed by atoms with van der Waals surface area (Å²) in [6, 6.07) is 14.8. The average molecular weight is 463 g/mol. The van der Waals surface area contributed by atoms with Crippen molar-refractivity contribution in [2.45, 2.75) is 16.7 Å². The summed E-state index contributed by atoms with van der Waals surface area (Å²) in [6.07, 6.45) is 1.39. The summed E-state index contributed by atoms with van der Waals surface area (Å²) < 4.78 is 25.6. The van der Waals surface area contributed by atoms with Gasteiger partial charge in [0.25, 0.3) is 0 Å². The van der Waals surface area contributed by atoms with Gasteiger partial charge in [0.2, 0.25) is 15.7 Å². The van der Waals surface area contributed by atoms with Crippen LogP contribution in [0, 0.1) is 0 Å². The number of sulfone groups is 1. The molecule has 3 rings (SSSR count). The van der Waals surface area contributed by atoms with Crippen molar-refractivity contribution in [3.8, 4) is 5.75 Å². The molecule has 30 heavy (non-hydrogen) atoms. The second kappa shape index (κ2) is 8.87. The van der Waals surface area contributed by atoms with Crippen molar-refractivity contribution in [2.24, 2.45) is 4.99 Å². The molecule has 1 amide bonds. The Bertz CT molecular complexity index is 1220. The fraction of sp³-hybridized carbons (Fsp3) is 0.0476. The number of anilines is 1. The van der Waals surface area contributed by atoms with Crippen LogP contribution in [0.5, 0.6) is 5.75 Å². The van der Waals surface area contributed by atoms with Gasteiger partial charge in [0.15, 0.2) is 0 Å². The highest BCUT2D eigenvalue weighted by atomic mass is 35.5. The van der Waals surface area contributed by atoms with Gasteiger partial charge in [0, 0.05) is 29.4 Å². The number of nitrogens with one attached hydrogen (secondary N) is 1. The molecule has 0 aliphatic carbocycles. The van der Waals surface area contributed by atoms with E-state index in [-0.39, 0.29) is 26.5 Å². The van der Waals surface area contributed by atoms with Gasteiger partial charge in [-0.3, -0.25) is 9.79 Å². The Morgan fingerprint density at radius 2 is 1.57 bits per heavy atom. The van der Waals surface area contributed by atoms with Crippen molar-refractivity contribution in [1.82, 2.24) is 0 Å². The summed E-state index contributed by atoms with van der Waals surface area (Å²) in [4.78, 5) is 15.5. The van der Waals surface area contributed by atoms with Gasteiger partial charge >= 0.3 is 0 Å². The predicted molar refractivity (Wildman–Crippen MR) is 118 cm³/mol. The van der Waals surface area contributed by atoms with Crippen LogP contribution in [0.1, 0.15) is 12.5 Å². The molecule has 6 nitrogen and oxygen atoms in total. The zero-order chi connectivity index (χ0) is 21.9. The number of phenols is 1. The number of aromatic hydroxyl groups is 1. The van der Waals surface area contributed by atoms with Crippen LogP contribution in [-0.2, 0) is 14.6 Å². The SMILES string of the molecule is CC(=O)Nc1ccc(S(=O)(=O)c2ccc(N=Cc3cc(Cl)cc(Cl)c3O)cc2)cc1. The van der Waals surface area contributed by atoms with Crippen molar-refractivity contribution in [3.63, 3.8) is 0 Å². The molecule has 0 aliphatic rings. The monoisotopic (exact) mass is 462 g/mol. The molecule has 154 valence electrons. The summed E-state index contributed by atoms with van der Waals surface area (Å²) in [5.74, 6) is -0.387. The standard InChI is InChI=1S/C21H16Cl2N2O4S/c1-13(26)25-17-4-8-19(9-5-17)30(28,29)18-6-2-16(3-7-18)24-12-14-10-15(22)11-20(23)21(14)27/h2-12,27H,1H3,(H,25,26). The van der Waals surface area contributed by atoms with E-state index in [1.54, 1.807) is 0 Å². The zero-order valence-electron chi connectivity index (χ0n) is 15.6. The van der Waals surface area contributed by atoms with E-state index in [1.807, 2.05) is 0 Å². The van der Waals surface area contributed by atoms with Crippen molar-refractivity contribution in [3.05, 3.63) is 76.3 Å². The highest BCUT2D eigenvalue weighted by Gasteiger charge is 2.17. The molecule has 3 aromatic rings. The normalized spacial score (nSPS) is 11.6. The van der Waals surface area contributed by atoms with Gasteiger partial charge in [-0.05, 0) is 60.7 Å². The highest BCUT2D eigenvalue weighted by Crippen LogP contribution is 2.30. The molecule has 0 aliphatic heterocycles. The number of hydrogen-bond donors (Lipinski definition) is 2. The third-order valence-corrected chi connectivity index (χ3v) is 6.33. The van der Waals surface area contributed by atoms with Crippen LogP contribution in [0.3, 0.4) is 0 Å². The fourth-order valence-corrected chi connectivity index (χ4v) is 4.37. The number of halogens is 2. The Kier molecular flexibility index (Phi) is 6.45. The van der Waals surface area contributed by atoms with E-state index in [4.69, 9.17) is 23.2 Å². The van der Waals surface area contributed by atoms with E-state index in [1.165, 1.54) is 73.8 Å². The van der Waals surface area contributed by atoms with Gasteiger partial charge in [-0.25, -0.2) is 8.42 Å². The summed E-state index contributed by atoms with van der Waals surface area (Å²) >= 11 is 11.8. The van der Waals surface area contributed by atoms with Crippen LogP contribution >= 0.6 is 23.2 Å². The Morgan fingerprint density at radius 1 is 1.00 bits per heavy atom. The number of carbonyl (C=O) groups is 1. The minimum atomic E-state index is -3.73. The molecule has 0 unspecified atom stereocenters. The Hall–Kier alpha value is -2.87. The maximum atomic E-state index is 12.8. The number of hydrogen-bond acceptors (Lipinski definition) is 5. The summed E-state index contributed by atoms with van der Waals surface area (Å²) in [7, 11) is -3.73. The van der Waals surface area contributed by atoms with Crippen molar-refractivity contribution in [1.29, 1.82) is 0 Å². The first-order chi connectivity index (χ1) is 14.2. The first-order valence-electron chi connectivity index (χ1n) is 8.62. The Morgan fingerprint density at radius 3 is 2.13 bits per heavy atom. The first-order valence-corrected chi connectivity index (χ1v) is 10.9. The number of benzene rings is 3. The second-order valence-electron chi connectivity index (χ2n) is 6.29. The third kappa shape index (κ3) is 4.99. The van der Waals surface area contributed by atoms with Gasteiger partial charge in [0.1, 0.15) is 5.75 Å². The van der Waals surface area contributed by atoms with E-state index in [2.05, 4.69) is 10.3 Å². The molecule has 0 spiro atoms. The molecule has 2 N–H and O–H groups in total. The van der Waals surface area contributed by atoms with Crippen LogP contribution in [0.2, 0.25) is 10.0 Å². The summed E-state index contributed by atoms with van der Waals surface area (Å²) in [6.45, 7) is 1.37. The van der Waals surface area contributed by atoms with Gasteiger partial charge in [0.05, 0.1) is 20.5 Å². The minimum absolute atomic E-state index is 0.0994. The van der Waals surface area contributed by atoms with E-state index < -0.39 is 9.84 Å². The zero-order valence-corrected chi connectivity index (χ0v) is 18.0. The molecule has 9 heteroatoms. The van der Waals surface area contributed by atoms with Crippen LogP contribution < -0.4 is 5.32 Å². The molecule has 0 atom stereocenters. The molecule has 0 bridgehead atoms. The maximum absolute atomic E-state index is 12.8. The van der Waals surface area contributed by atoms with E-state index >= 15 is 0 Å². The quantitative estimate of drug-likeness (QED) is 0.506. The lowest BCUT2D eigenvalue weighted by molar-refractivity contribution is -0.114. The number of aliphatic imine (C=N–C) groups is 1. The lowest BCUT2D eigenvalue weighted by Crippen LogP contribution is -2.06. The van der Waals surface area contributed by atoms with Crippen molar-refractivity contribution in [2.75, 3.05) is 5.32 Å². The van der Waals surface area contributed by atoms with E-state index in [9.17, 15) is 18.3 Å². The maximum Gasteiger partial charge on any atom is 0.221 e. The van der Waals surface area contributed by atoms with Gasteiger partial charge in [-0.15, -0.1) is 0 Å². The predicted octanol–water partition coefficient (Wildman–Crippen LogP) is 5.24. The Balaban J connectivity index is 1.82. The molecule has 3 aromatic carbocycles. The second-order valence-corrected chi connectivity index (χ2v) is 9.08. The Labute approximate surface area is 183 Å². The lowest BCUT2D eigenvalue weighted by Gasteiger charge is -2.07. The van der Waals surface area contributed by atoms with Gasteiger partial charge < -0.3 is 10.4 Å². The molecular formula is C21H16Cl2N2O4S. The lowest BCUT2D eigenvalue weighted by atomic mass is 10.2. The van der Waals surface area contributed by atoms with Crippen LogP contribution in [0.4, 0.5) is 11.4 Å². The van der Waals surface area contributed by atoms with Crippen molar-refractivity contribution >= 4 is 56.5 Å². The van der Waals surface area contributed by atoms with Crippen LogP contribution in [0.15, 0.2) is 75.4 Å². The molecule has 0 radical (unpaired) electrons. The molecule has 0 saturated heterocycles. The molecule has 0 aromatic heterocycles. The fourth-order valence-electron chi connectivity index (χ4n) is 2.60. The first kappa shape index (κ1) is 21.8. The van der Waals surface area contributed by atoms with Crippen LogP contribution in [-0.4, -0.2) is 25.6 Å². The molecule has 0 fully saturated rings. The molecular weight excluding hydrogens is 447 g/mol. The number of amides is 1. The topological polar surface area (TPSA) is 95.8 Å². The molecule has 0 saturated carbocycles. The highest BCUT2D eigenvalue weighted by molar-refractivity contribution is 7.91. The summed E-state index contributed by atoms with van der Waals surface area (Å²) in [5.41, 5.74) is 1.32. The van der Waals surface area contributed by atoms with Crippen LogP contribution in [0.25, 0.3) is 0 Å². The molecule has 0 heterocycles. The smallest absolute Gasteiger partial charge is 0.221 e. The third-order valence-electron chi connectivity index (χ3n) is 4.04. The van der Waals surface area contributed by atoms with E-state index in [0.717, 1.165) is 0 Å². The van der Waals surface area contributed by atoms with Crippen molar-refractivity contribution < 1.29 is 18.3 Å².